The van der Waals surface area contributed by atoms with E-state index in [1.165, 1.54) is 6.33 Å². The molecule has 0 spiro atoms. The van der Waals surface area contributed by atoms with Crippen molar-refractivity contribution in [3.63, 3.8) is 0 Å². The second kappa shape index (κ2) is 8.60. The highest BCUT2D eigenvalue weighted by molar-refractivity contribution is 5.81. The van der Waals surface area contributed by atoms with Crippen LogP contribution in [-0.4, -0.2) is 44.6 Å². The van der Waals surface area contributed by atoms with E-state index in [4.69, 9.17) is 4.74 Å². The number of aryl methyl sites for hydroxylation is 2. The predicted molar refractivity (Wildman–Crippen MR) is 103 cm³/mol. The van der Waals surface area contributed by atoms with Gasteiger partial charge < -0.3 is 10.1 Å². The number of benzene rings is 1. The molecule has 0 fully saturated rings. The summed E-state index contributed by atoms with van der Waals surface area (Å²) < 4.78 is 6.70. The molecule has 0 saturated heterocycles. The van der Waals surface area contributed by atoms with Crippen molar-refractivity contribution < 1.29 is 14.3 Å². The first-order chi connectivity index (χ1) is 13.5. The average Bonchev–Trinajstić information content (AvgIpc) is 3.16. The van der Waals surface area contributed by atoms with E-state index in [1.807, 2.05) is 51.1 Å². The smallest absolute Gasteiger partial charge is 0.310 e. The number of amides is 1. The summed E-state index contributed by atoms with van der Waals surface area (Å²) in [6.07, 6.45) is 1.44. The van der Waals surface area contributed by atoms with Crippen LogP contribution in [0, 0.1) is 13.8 Å². The van der Waals surface area contributed by atoms with Crippen molar-refractivity contribution in [3.8, 4) is 0 Å². The summed E-state index contributed by atoms with van der Waals surface area (Å²) in [4.78, 5) is 32.5. The van der Waals surface area contributed by atoms with Gasteiger partial charge in [0.25, 0.3) is 11.7 Å². The van der Waals surface area contributed by atoms with Crippen LogP contribution in [0.3, 0.4) is 0 Å². The highest BCUT2D eigenvalue weighted by atomic mass is 16.5. The molecule has 2 heterocycles. The first-order valence-corrected chi connectivity index (χ1v) is 9.08. The third kappa shape index (κ3) is 4.51. The number of carbonyl (C=O) groups is 2. The van der Waals surface area contributed by atoms with Crippen LogP contribution in [0.1, 0.15) is 35.4 Å². The number of esters is 1. The Bertz CT molecular complexity index is 984. The summed E-state index contributed by atoms with van der Waals surface area (Å²) in [5.41, 5.74) is 3.33. The molecule has 8 heteroatoms. The molecule has 146 valence electrons. The second-order valence-corrected chi connectivity index (χ2v) is 6.69. The molecular weight excluding hydrogens is 358 g/mol. The molecule has 0 radical (unpaired) electrons. The summed E-state index contributed by atoms with van der Waals surface area (Å²) >= 11 is 0. The van der Waals surface area contributed by atoms with Crippen molar-refractivity contribution in [2.75, 3.05) is 13.2 Å². The quantitative estimate of drug-likeness (QED) is 0.626. The number of aromatic nitrogens is 4. The third-order valence-corrected chi connectivity index (χ3v) is 4.65. The number of nitrogens with zero attached hydrogens (tertiary/aromatic N) is 4. The molecule has 28 heavy (non-hydrogen) atoms. The van der Waals surface area contributed by atoms with E-state index in [9.17, 15) is 9.59 Å². The molecule has 0 saturated carbocycles. The Balaban J connectivity index is 1.50. The minimum atomic E-state index is -0.487. The van der Waals surface area contributed by atoms with Crippen LogP contribution in [0.25, 0.3) is 5.78 Å². The predicted octanol–water partition coefficient (Wildman–Crippen LogP) is 1.75. The Kier molecular flexibility index (Phi) is 5.98. The van der Waals surface area contributed by atoms with Crippen molar-refractivity contribution in [3.05, 3.63) is 59.2 Å². The van der Waals surface area contributed by atoms with Crippen LogP contribution >= 0.6 is 0 Å². The fourth-order valence-electron chi connectivity index (χ4n) is 2.97. The summed E-state index contributed by atoms with van der Waals surface area (Å²) in [6, 6.07) is 9.91. The summed E-state index contributed by atoms with van der Waals surface area (Å²) in [6.45, 7) is 5.85. The Labute approximate surface area is 163 Å². The average molecular weight is 381 g/mol. The standard InChI is InChI=1S/C20H23N5O3/c1-13(16-7-5-4-6-8-16)10-21-18(26)11-28-19(27)9-17-14(2)24-20-22-12-23-25(20)15(17)3/h4-8,12-13H,9-11H2,1-3H3,(H,21,26)/t13-/m0/s1. The number of fused-ring (bicyclic) bond motifs is 1. The van der Waals surface area contributed by atoms with E-state index in [1.54, 1.807) is 4.52 Å². The number of ether oxygens (including phenoxy) is 1. The molecule has 1 aromatic carbocycles. The number of nitrogens with one attached hydrogen (secondary N) is 1. The van der Waals surface area contributed by atoms with E-state index in [0.717, 1.165) is 16.8 Å². The first kappa shape index (κ1) is 19.5. The van der Waals surface area contributed by atoms with E-state index < -0.39 is 5.97 Å². The SMILES string of the molecule is Cc1nc2ncnn2c(C)c1CC(=O)OCC(=O)NC[C@H](C)c1ccccc1. The van der Waals surface area contributed by atoms with Crippen LogP contribution in [0.5, 0.6) is 0 Å². The normalized spacial score (nSPS) is 12.0. The van der Waals surface area contributed by atoms with Crippen molar-refractivity contribution in [2.24, 2.45) is 0 Å². The maximum atomic E-state index is 12.2. The Morgan fingerprint density at radius 2 is 1.96 bits per heavy atom. The van der Waals surface area contributed by atoms with E-state index >= 15 is 0 Å². The fourth-order valence-corrected chi connectivity index (χ4v) is 2.97. The molecule has 0 aliphatic heterocycles. The van der Waals surface area contributed by atoms with Gasteiger partial charge in [0.2, 0.25) is 0 Å². The molecular formula is C20H23N5O3. The minimum Gasteiger partial charge on any atom is -0.455 e. The molecule has 0 unspecified atom stereocenters. The number of carbonyl (C=O) groups excluding carboxylic acids is 2. The van der Waals surface area contributed by atoms with E-state index in [-0.39, 0.29) is 24.9 Å². The number of hydrogen-bond acceptors (Lipinski definition) is 6. The third-order valence-electron chi connectivity index (χ3n) is 4.65. The monoisotopic (exact) mass is 381 g/mol. The van der Waals surface area contributed by atoms with Crippen LogP contribution in [-0.2, 0) is 20.7 Å². The lowest BCUT2D eigenvalue weighted by Gasteiger charge is -2.13. The topological polar surface area (TPSA) is 98.5 Å². The van der Waals surface area contributed by atoms with Crippen LogP contribution in [0.2, 0.25) is 0 Å². The number of rotatable bonds is 7. The maximum absolute atomic E-state index is 12.2. The largest absolute Gasteiger partial charge is 0.455 e. The zero-order valence-electron chi connectivity index (χ0n) is 16.2. The molecule has 0 aliphatic rings. The van der Waals surface area contributed by atoms with Gasteiger partial charge in [0.15, 0.2) is 6.61 Å². The fraction of sp³-hybridized carbons (Fsp3) is 0.350. The lowest BCUT2D eigenvalue weighted by Crippen LogP contribution is -2.32. The Morgan fingerprint density at radius 3 is 2.71 bits per heavy atom. The molecule has 3 rings (SSSR count). The molecule has 2 aromatic heterocycles. The van der Waals surface area contributed by atoms with Gasteiger partial charge in [-0.05, 0) is 25.3 Å². The minimum absolute atomic E-state index is 0.0220. The maximum Gasteiger partial charge on any atom is 0.310 e. The van der Waals surface area contributed by atoms with Crippen molar-refractivity contribution in [2.45, 2.75) is 33.1 Å². The molecule has 1 N–H and O–H groups in total. The summed E-state index contributed by atoms with van der Waals surface area (Å²) in [5, 5.41) is 6.89. The van der Waals surface area contributed by atoms with Gasteiger partial charge in [-0.25, -0.2) is 9.50 Å². The Morgan fingerprint density at radius 1 is 1.21 bits per heavy atom. The van der Waals surface area contributed by atoms with Gasteiger partial charge >= 0.3 is 5.97 Å². The molecule has 0 aliphatic carbocycles. The molecule has 1 atom stereocenters. The molecule has 0 bridgehead atoms. The summed E-state index contributed by atoms with van der Waals surface area (Å²) in [7, 11) is 0. The zero-order chi connectivity index (χ0) is 20.1. The van der Waals surface area contributed by atoms with Crippen molar-refractivity contribution >= 4 is 17.7 Å². The highest BCUT2D eigenvalue weighted by Gasteiger charge is 2.16. The van der Waals surface area contributed by atoms with Gasteiger partial charge in [0.05, 0.1) is 6.42 Å². The Hall–Kier alpha value is -3.29. The highest BCUT2D eigenvalue weighted by Crippen LogP contribution is 2.14. The van der Waals surface area contributed by atoms with Gasteiger partial charge in [-0.15, -0.1) is 0 Å². The zero-order valence-corrected chi connectivity index (χ0v) is 16.2. The van der Waals surface area contributed by atoms with Gasteiger partial charge in [-0.2, -0.15) is 10.1 Å². The van der Waals surface area contributed by atoms with Crippen LogP contribution < -0.4 is 5.32 Å². The number of hydrogen-bond donors (Lipinski definition) is 1. The molecule has 8 nitrogen and oxygen atoms in total. The first-order valence-electron chi connectivity index (χ1n) is 9.08. The van der Waals surface area contributed by atoms with Gasteiger partial charge in [0, 0.05) is 23.5 Å². The van der Waals surface area contributed by atoms with Gasteiger partial charge in [-0.3, -0.25) is 9.59 Å². The molecule has 1 amide bonds. The lowest BCUT2D eigenvalue weighted by molar-refractivity contribution is -0.147. The van der Waals surface area contributed by atoms with E-state index in [0.29, 0.717) is 18.0 Å². The lowest BCUT2D eigenvalue weighted by atomic mass is 10.0. The molecule has 3 aromatic rings. The van der Waals surface area contributed by atoms with Crippen molar-refractivity contribution in [1.29, 1.82) is 0 Å². The second-order valence-electron chi connectivity index (χ2n) is 6.69. The summed E-state index contributed by atoms with van der Waals surface area (Å²) in [5.74, 6) is -0.154. The van der Waals surface area contributed by atoms with Crippen molar-refractivity contribution in [1.82, 2.24) is 24.9 Å². The van der Waals surface area contributed by atoms with E-state index in [2.05, 4.69) is 20.4 Å². The van der Waals surface area contributed by atoms with Crippen LogP contribution in [0.4, 0.5) is 0 Å². The van der Waals surface area contributed by atoms with Crippen LogP contribution in [0.15, 0.2) is 36.7 Å². The van der Waals surface area contributed by atoms with Gasteiger partial charge in [0.1, 0.15) is 6.33 Å². The van der Waals surface area contributed by atoms with Gasteiger partial charge in [-0.1, -0.05) is 37.3 Å².